The molecule has 1 aromatic rings. The summed E-state index contributed by atoms with van der Waals surface area (Å²) in [6.07, 6.45) is 0.435. The minimum absolute atomic E-state index is 0.228. The Morgan fingerprint density at radius 3 is 2.68 bits per heavy atom. The van der Waals surface area contributed by atoms with Gasteiger partial charge >= 0.3 is 5.97 Å². The van der Waals surface area contributed by atoms with Crippen LogP contribution in [0.3, 0.4) is 0 Å². The number of thioether (sulfide) groups is 1. The van der Waals surface area contributed by atoms with Crippen molar-refractivity contribution in [2.75, 3.05) is 7.11 Å². The second-order valence-corrected chi connectivity index (χ2v) is 5.34. The van der Waals surface area contributed by atoms with Gasteiger partial charge in [0.2, 0.25) is 0 Å². The van der Waals surface area contributed by atoms with E-state index in [2.05, 4.69) is 5.32 Å². The molecule has 0 bridgehead atoms. The molecule has 1 atom stereocenters. The molecule has 2 amide bonds. The van der Waals surface area contributed by atoms with Gasteiger partial charge in [-0.3, -0.25) is 14.9 Å². The summed E-state index contributed by atoms with van der Waals surface area (Å²) in [5.41, 5.74) is 0.505. The molecule has 0 spiro atoms. The van der Waals surface area contributed by atoms with Crippen molar-refractivity contribution in [1.82, 2.24) is 5.32 Å². The molecule has 22 heavy (non-hydrogen) atoms. The van der Waals surface area contributed by atoms with Gasteiger partial charge in [0.25, 0.3) is 11.1 Å². The van der Waals surface area contributed by atoms with Crippen molar-refractivity contribution < 1.29 is 29.0 Å². The molecule has 8 heteroatoms. The summed E-state index contributed by atoms with van der Waals surface area (Å²) in [7, 11) is 1.41. The predicted molar refractivity (Wildman–Crippen MR) is 79.8 cm³/mol. The standard InChI is InChI=1S/C14H13NO6S/c1-7(13(17)18)21-9-5-3-4-8(11(9)20-2)6-10-12(16)15-14(19)22-10/h3-7H,1-2H3,(H,17,18)(H,15,16,19)/b10-6+. The maximum absolute atomic E-state index is 11.6. The van der Waals surface area contributed by atoms with Crippen molar-refractivity contribution in [2.24, 2.45) is 0 Å². The minimum Gasteiger partial charge on any atom is -0.492 e. The summed E-state index contributed by atoms with van der Waals surface area (Å²) >= 11 is 0.783. The lowest BCUT2D eigenvalue weighted by Gasteiger charge is -2.15. The van der Waals surface area contributed by atoms with Gasteiger partial charge in [0.15, 0.2) is 17.6 Å². The zero-order valence-electron chi connectivity index (χ0n) is 11.8. The first-order valence-electron chi connectivity index (χ1n) is 6.23. The average molecular weight is 323 g/mol. The van der Waals surface area contributed by atoms with Crippen LogP contribution in [0.1, 0.15) is 12.5 Å². The lowest BCUT2D eigenvalue weighted by atomic mass is 10.1. The van der Waals surface area contributed by atoms with Crippen molar-refractivity contribution in [2.45, 2.75) is 13.0 Å². The van der Waals surface area contributed by atoms with E-state index in [1.54, 1.807) is 18.2 Å². The highest BCUT2D eigenvalue weighted by atomic mass is 32.2. The monoisotopic (exact) mass is 323 g/mol. The first-order valence-corrected chi connectivity index (χ1v) is 7.05. The van der Waals surface area contributed by atoms with E-state index in [9.17, 15) is 14.4 Å². The van der Waals surface area contributed by atoms with Gasteiger partial charge in [0.05, 0.1) is 12.0 Å². The molecule has 1 aliphatic heterocycles. The van der Waals surface area contributed by atoms with Gasteiger partial charge in [-0.15, -0.1) is 0 Å². The number of carbonyl (C=O) groups excluding carboxylic acids is 2. The Kier molecular flexibility index (Phi) is 4.71. The van der Waals surface area contributed by atoms with Crippen LogP contribution in [0.2, 0.25) is 0 Å². The molecule has 7 nitrogen and oxygen atoms in total. The SMILES string of the molecule is COc1c(/C=C2/SC(=O)NC2=O)cccc1OC(C)C(=O)O. The number of hydrogen-bond acceptors (Lipinski definition) is 6. The number of carboxylic acid groups (broad SMARTS) is 1. The first-order chi connectivity index (χ1) is 10.4. The number of nitrogens with one attached hydrogen (secondary N) is 1. The van der Waals surface area contributed by atoms with Gasteiger partial charge in [-0.25, -0.2) is 4.79 Å². The molecule has 1 heterocycles. The third-order valence-electron chi connectivity index (χ3n) is 2.79. The smallest absolute Gasteiger partial charge is 0.344 e. The van der Waals surface area contributed by atoms with Gasteiger partial charge < -0.3 is 14.6 Å². The lowest BCUT2D eigenvalue weighted by Crippen LogP contribution is -2.23. The second kappa shape index (κ2) is 6.52. The fourth-order valence-electron chi connectivity index (χ4n) is 1.76. The molecular formula is C14H13NO6S. The van der Waals surface area contributed by atoms with E-state index < -0.39 is 23.2 Å². The van der Waals surface area contributed by atoms with Crippen LogP contribution in [0.4, 0.5) is 4.79 Å². The van der Waals surface area contributed by atoms with E-state index in [1.807, 2.05) is 0 Å². The summed E-state index contributed by atoms with van der Waals surface area (Å²) in [5, 5.41) is 10.6. The number of benzene rings is 1. The van der Waals surface area contributed by atoms with Crippen LogP contribution in [0, 0.1) is 0 Å². The Hall–Kier alpha value is -2.48. The Labute approximate surface area is 130 Å². The molecular weight excluding hydrogens is 310 g/mol. The third-order valence-corrected chi connectivity index (χ3v) is 3.60. The van der Waals surface area contributed by atoms with E-state index in [0.29, 0.717) is 5.56 Å². The number of carbonyl (C=O) groups is 3. The van der Waals surface area contributed by atoms with Crippen LogP contribution >= 0.6 is 11.8 Å². The normalized spacial score (nSPS) is 17.3. The number of aliphatic carboxylic acids is 1. The van der Waals surface area contributed by atoms with Gasteiger partial charge in [0, 0.05) is 5.56 Å². The number of amides is 2. The van der Waals surface area contributed by atoms with Crippen molar-refractivity contribution >= 4 is 35.0 Å². The molecule has 1 saturated heterocycles. The van der Waals surface area contributed by atoms with E-state index >= 15 is 0 Å². The van der Waals surface area contributed by atoms with E-state index in [4.69, 9.17) is 14.6 Å². The number of carboxylic acids is 1. The van der Waals surface area contributed by atoms with Crippen molar-refractivity contribution in [1.29, 1.82) is 0 Å². The van der Waals surface area contributed by atoms with Crippen LogP contribution in [-0.2, 0) is 9.59 Å². The molecule has 0 aromatic heterocycles. The Bertz CT molecular complexity index is 669. The minimum atomic E-state index is -1.11. The lowest BCUT2D eigenvalue weighted by molar-refractivity contribution is -0.144. The molecule has 1 unspecified atom stereocenters. The molecule has 0 saturated carbocycles. The highest BCUT2D eigenvalue weighted by Crippen LogP contribution is 2.35. The Balaban J connectivity index is 2.37. The number of rotatable bonds is 5. The highest BCUT2D eigenvalue weighted by molar-refractivity contribution is 8.18. The van der Waals surface area contributed by atoms with Crippen molar-refractivity contribution in [3.63, 3.8) is 0 Å². The fraction of sp³-hybridized carbons (Fsp3) is 0.214. The van der Waals surface area contributed by atoms with E-state index in [0.717, 1.165) is 11.8 Å². The predicted octanol–water partition coefficient (Wildman–Crippen LogP) is 1.87. The molecule has 116 valence electrons. The molecule has 2 N–H and O–H groups in total. The average Bonchev–Trinajstić information content (AvgIpc) is 2.77. The topological polar surface area (TPSA) is 102 Å². The summed E-state index contributed by atoms with van der Waals surface area (Å²) in [4.78, 5) is 33.8. The zero-order chi connectivity index (χ0) is 16.3. The zero-order valence-corrected chi connectivity index (χ0v) is 12.6. The molecule has 1 aromatic carbocycles. The molecule has 1 fully saturated rings. The van der Waals surface area contributed by atoms with Gasteiger partial charge in [-0.05, 0) is 30.8 Å². The Morgan fingerprint density at radius 1 is 1.41 bits per heavy atom. The van der Waals surface area contributed by atoms with Gasteiger partial charge in [-0.1, -0.05) is 12.1 Å². The number of ether oxygens (including phenoxy) is 2. The summed E-state index contributed by atoms with van der Waals surface area (Å²) in [6, 6.07) is 4.87. The number of hydrogen-bond donors (Lipinski definition) is 2. The summed E-state index contributed by atoms with van der Waals surface area (Å²) < 4.78 is 10.6. The second-order valence-electron chi connectivity index (χ2n) is 4.33. The largest absolute Gasteiger partial charge is 0.492 e. The highest BCUT2D eigenvalue weighted by Gasteiger charge is 2.26. The van der Waals surface area contributed by atoms with Crippen molar-refractivity contribution in [3.05, 3.63) is 28.7 Å². The van der Waals surface area contributed by atoms with Crippen LogP contribution in [0.15, 0.2) is 23.1 Å². The molecule has 0 aliphatic carbocycles. The summed E-state index contributed by atoms with van der Waals surface area (Å²) in [5.74, 6) is -1.07. The van der Waals surface area contributed by atoms with Gasteiger partial charge in [-0.2, -0.15) is 0 Å². The molecule has 0 radical (unpaired) electrons. The first kappa shape index (κ1) is 15.9. The fourth-order valence-corrected chi connectivity index (χ4v) is 2.43. The maximum atomic E-state index is 11.6. The summed E-state index contributed by atoms with van der Waals surface area (Å²) in [6.45, 7) is 1.39. The van der Waals surface area contributed by atoms with Crippen LogP contribution in [0.25, 0.3) is 6.08 Å². The number of para-hydroxylation sites is 1. The quantitative estimate of drug-likeness (QED) is 0.797. The van der Waals surface area contributed by atoms with Crippen LogP contribution < -0.4 is 14.8 Å². The Morgan fingerprint density at radius 2 is 2.14 bits per heavy atom. The van der Waals surface area contributed by atoms with Crippen LogP contribution in [-0.4, -0.2) is 35.4 Å². The van der Waals surface area contributed by atoms with Gasteiger partial charge in [0.1, 0.15) is 0 Å². The van der Waals surface area contributed by atoms with Crippen molar-refractivity contribution in [3.8, 4) is 11.5 Å². The third kappa shape index (κ3) is 3.40. The van der Waals surface area contributed by atoms with E-state index in [1.165, 1.54) is 20.1 Å². The number of methoxy groups -OCH3 is 1. The maximum Gasteiger partial charge on any atom is 0.344 e. The van der Waals surface area contributed by atoms with E-state index in [-0.39, 0.29) is 16.4 Å². The molecule has 2 rings (SSSR count). The van der Waals surface area contributed by atoms with Crippen LogP contribution in [0.5, 0.6) is 11.5 Å². The molecule has 1 aliphatic rings. The number of imide groups is 1.